The van der Waals surface area contributed by atoms with Gasteiger partial charge < -0.3 is 30.3 Å². The normalized spacial score (nSPS) is 16.9. The molecule has 242 valence electrons. The van der Waals surface area contributed by atoms with E-state index in [1.54, 1.807) is 29.2 Å². The number of nitrogens with zero attached hydrogens (tertiary/aromatic N) is 2. The second-order valence-electron chi connectivity index (χ2n) is 12.7. The molecule has 0 unspecified atom stereocenters. The molecule has 1 fully saturated rings. The predicted octanol–water partition coefficient (Wildman–Crippen LogP) is 8.49. The molecule has 0 saturated carbocycles. The number of para-hydroxylation sites is 2. The topological polar surface area (TPSA) is 77.1 Å². The van der Waals surface area contributed by atoms with Crippen LogP contribution in [0.3, 0.4) is 0 Å². The van der Waals surface area contributed by atoms with E-state index in [4.69, 9.17) is 0 Å². The van der Waals surface area contributed by atoms with Crippen LogP contribution in [0.5, 0.6) is 11.5 Å². The minimum atomic E-state index is -4.86. The summed E-state index contributed by atoms with van der Waals surface area (Å²) in [6.07, 6.45) is -8.62. The average Bonchev–Trinajstić information content (AvgIpc) is 3.24. The molecule has 3 aromatic carbocycles. The third-order valence-electron chi connectivity index (χ3n) is 8.02. The quantitative estimate of drug-likeness (QED) is 0.245. The van der Waals surface area contributed by atoms with Gasteiger partial charge in [-0.25, -0.2) is 4.79 Å². The highest BCUT2D eigenvalue weighted by molar-refractivity contribution is 6.02. The Morgan fingerprint density at radius 1 is 0.911 bits per heavy atom. The van der Waals surface area contributed by atoms with Gasteiger partial charge in [0.15, 0.2) is 0 Å². The third-order valence-corrected chi connectivity index (χ3v) is 8.02. The number of amides is 2. The zero-order chi connectivity index (χ0) is 32.8. The van der Waals surface area contributed by atoms with Crippen molar-refractivity contribution in [1.29, 1.82) is 0 Å². The number of rotatable bonds is 5. The number of carbonyl (C=O) groups excluding carboxylic acids is 1. The minimum Gasteiger partial charge on any atom is -0.506 e. The van der Waals surface area contributed by atoms with Crippen LogP contribution in [0.25, 0.3) is 0 Å². The maximum absolute atomic E-state index is 14.5. The first-order chi connectivity index (χ1) is 20.9. The maximum atomic E-state index is 14.5. The molecule has 0 radical (unpaired) electrons. The molecule has 2 aliphatic heterocycles. The summed E-state index contributed by atoms with van der Waals surface area (Å²) < 4.78 is 84.7. The SMILES string of the molecule is CC(C)(C)CN1CCC2(CC1)CN(c1ccccc1NC(=O)Nc1ccc(OC(F)(F)F)cc1)c1c(O)ccc(C(F)(F)F)c12. The van der Waals surface area contributed by atoms with Gasteiger partial charge >= 0.3 is 18.6 Å². The maximum Gasteiger partial charge on any atom is 0.573 e. The van der Waals surface area contributed by atoms with Crippen molar-refractivity contribution in [2.75, 3.05) is 41.7 Å². The highest BCUT2D eigenvalue weighted by Gasteiger charge is 2.52. The number of anilines is 4. The molecule has 3 aromatic rings. The lowest BCUT2D eigenvalue weighted by atomic mass is 9.72. The van der Waals surface area contributed by atoms with E-state index in [0.29, 0.717) is 31.6 Å². The van der Waals surface area contributed by atoms with Crippen molar-refractivity contribution in [2.24, 2.45) is 5.41 Å². The zero-order valence-corrected chi connectivity index (χ0v) is 24.9. The summed E-state index contributed by atoms with van der Waals surface area (Å²) in [6.45, 7) is 8.47. The lowest BCUT2D eigenvalue weighted by molar-refractivity contribution is -0.274. The Hall–Kier alpha value is -4.13. The van der Waals surface area contributed by atoms with Gasteiger partial charge in [-0.3, -0.25) is 0 Å². The first-order valence-corrected chi connectivity index (χ1v) is 14.4. The van der Waals surface area contributed by atoms with Crippen LogP contribution in [0.1, 0.15) is 44.7 Å². The van der Waals surface area contributed by atoms with Crippen molar-refractivity contribution < 1.29 is 41.0 Å². The van der Waals surface area contributed by atoms with Gasteiger partial charge in [0.05, 0.1) is 22.6 Å². The summed E-state index contributed by atoms with van der Waals surface area (Å²) in [5.41, 5.74) is -0.729. The highest BCUT2D eigenvalue weighted by atomic mass is 19.4. The Labute approximate surface area is 256 Å². The van der Waals surface area contributed by atoms with Crippen molar-refractivity contribution in [3.63, 3.8) is 0 Å². The zero-order valence-electron chi connectivity index (χ0n) is 24.9. The molecule has 0 aromatic heterocycles. The monoisotopic (exact) mass is 636 g/mol. The van der Waals surface area contributed by atoms with Crippen molar-refractivity contribution in [2.45, 2.75) is 51.6 Å². The summed E-state index contributed by atoms with van der Waals surface area (Å²) in [6, 6.07) is 12.4. The highest BCUT2D eigenvalue weighted by Crippen LogP contribution is 2.57. The summed E-state index contributed by atoms with van der Waals surface area (Å²) in [5.74, 6) is -0.755. The van der Waals surface area contributed by atoms with E-state index in [1.807, 2.05) is 0 Å². The second kappa shape index (κ2) is 11.7. The number of nitrogens with one attached hydrogen (secondary N) is 2. The number of phenolic OH excluding ortho intramolecular Hbond substituents is 1. The van der Waals surface area contributed by atoms with Gasteiger partial charge in [0.2, 0.25) is 0 Å². The van der Waals surface area contributed by atoms with Gasteiger partial charge in [-0.1, -0.05) is 32.9 Å². The molecule has 7 nitrogen and oxygen atoms in total. The van der Waals surface area contributed by atoms with E-state index in [2.05, 4.69) is 41.0 Å². The molecule has 13 heteroatoms. The first-order valence-electron chi connectivity index (χ1n) is 14.4. The number of alkyl halides is 6. The Morgan fingerprint density at radius 2 is 1.56 bits per heavy atom. The Balaban J connectivity index is 1.45. The Kier molecular flexibility index (Phi) is 8.36. The molecule has 0 atom stereocenters. The van der Waals surface area contributed by atoms with Crippen LogP contribution >= 0.6 is 0 Å². The van der Waals surface area contributed by atoms with Crippen LogP contribution in [-0.4, -0.2) is 48.6 Å². The molecule has 2 aliphatic rings. The van der Waals surface area contributed by atoms with E-state index in [-0.39, 0.29) is 40.3 Å². The molecule has 0 bridgehead atoms. The van der Waals surface area contributed by atoms with Gasteiger partial charge in [-0.15, -0.1) is 13.2 Å². The van der Waals surface area contributed by atoms with E-state index >= 15 is 0 Å². The van der Waals surface area contributed by atoms with Gasteiger partial charge in [0.1, 0.15) is 11.5 Å². The van der Waals surface area contributed by atoms with Crippen LogP contribution in [-0.2, 0) is 11.6 Å². The van der Waals surface area contributed by atoms with Crippen LogP contribution < -0.4 is 20.3 Å². The van der Waals surface area contributed by atoms with E-state index in [0.717, 1.165) is 30.8 Å². The molecule has 2 heterocycles. The standard InChI is InChI=1S/C32H34F6N4O3/c1-29(2,3)18-41-16-14-30(15-17-41)19-42(27-25(43)13-12-22(26(27)30)31(33,34)35)24-7-5-4-6-23(24)40-28(44)39-20-8-10-21(11-9-20)45-32(36,37)38/h4-13,43H,14-19H2,1-3H3,(H2,39,40,44). The van der Waals surface area contributed by atoms with E-state index in [1.165, 1.54) is 12.1 Å². The number of fused-ring (bicyclic) bond motifs is 2. The number of benzene rings is 3. The van der Waals surface area contributed by atoms with E-state index in [9.17, 15) is 36.2 Å². The smallest absolute Gasteiger partial charge is 0.506 e. The van der Waals surface area contributed by atoms with Crippen molar-refractivity contribution in [3.05, 3.63) is 71.8 Å². The molecule has 5 rings (SSSR count). The molecule has 1 saturated heterocycles. The number of urea groups is 1. The summed E-state index contributed by atoms with van der Waals surface area (Å²) in [5, 5.41) is 16.3. The number of likely N-dealkylation sites (tertiary alicyclic amines) is 1. The van der Waals surface area contributed by atoms with Crippen LogP contribution in [0.2, 0.25) is 0 Å². The Morgan fingerprint density at radius 3 is 2.16 bits per heavy atom. The van der Waals surface area contributed by atoms with Crippen LogP contribution in [0.4, 0.5) is 53.9 Å². The number of ether oxygens (including phenoxy) is 1. The predicted molar refractivity (Wildman–Crippen MR) is 159 cm³/mol. The molecule has 0 aliphatic carbocycles. The summed E-state index contributed by atoms with van der Waals surface area (Å²) in [4.78, 5) is 16.8. The fraction of sp³-hybridized carbons (Fsp3) is 0.406. The third kappa shape index (κ3) is 7.24. The second-order valence-corrected chi connectivity index (χ2v) is 12.7. The van der Waals surface area contributed by atoms with Crippen molar-refractivity contribution in [1.82, 2.24) is 4.90 Å². The van der Waals surface area contributed by atoms with E-state index < -0.39 is 35.3 Å². The average molecular weight is 637 g/mol. The number of hydrogen-bond donors (Lipinski definition) is 3. The van der Waals surface area contributed by atoms with Gasteiger partial charge in [0.25, 0.3) is 0 Å². The first kappa shape index (κ1) is 32.3. The molecule has 1 spiro atoms. The number of hydrogen-bond acceptors (Lipinski definition) is 5. The van der Waals surface area contributed by atoms with Gasteiger partial charge in [0, 0.05) is 24.2 Å². The number of piperidine rings is 1. The molecular weight excluding hydrogens is 602 g/mol. The molecule has 3 N–H and O–H groups in total. The lowest BCUT2D eigenvalue weighted by Gasteiger charge is -2.42. The fourth-order valence-corrected chi connectivity index (χ4v) is 6.35. The lowest BCUT2D eigenvalue weighted by Crippen LogP contribution is -2.47. The largest absolute Gasteiger partial charge is 0.573 e. The fourth-order valence-electron chi connectivity index (χ4n) is 6.35. The van der Waals surface area contributed by atoms with Crippen LogP contribution in [0.15, 0.2) is 60.7 Å². The Bertz CT molecular complexity index is 1540. The van der Waals surface area contributed by atoms with Crippen LogP contribution in [0, 0.1) is 5.41 Å². The summed E-state index contributed by atoms with van der Waals surface area (Å²) >= 11 is 0. The minimum absolute atomic E-state index is 0.0174. The number of phenols is 1. The molecular formula is C32H34F6N4O3. The van der Waals surface area contributed by atoms with Gasteiger partial charge in [-0.2, -0.15) is 13.2 Å². The van der Waals surface area contributed by atoms with Crippen molar-refractivity contribution >= 4 is 28.8 Å². The summed E-state index contributed by atoms with van der Waals surface area (Å²) in [7, 11) is 0. The van der Waals surface area contributed by atoms with Crippen molar-refractivity contribution in [3.8, 4) is 11.5 Å². The number of aromatic hydroxyl groups is 1. The molecule has 2 amide bonds. The molecule has 45 heavy (non-hydrogen) atoms. The number of halogens is 6. The van der Waals surface area contributed by atoms with Gasteiger partial charge in [-0.05, 0) is 85.4 Å². The number of carbonyl (C=O) groups is 1.